The highest BCUT2D eigenvalue weighted by Crippen LogP contribution is 2.31. The minimum absolute atomic E-state index is 0.194. The standard InChI is InChI=1S/C14H28N2O/c1-11(15)14(2,3)10-16-8-9-17-13-7-5-4-6-12(13)16/h11-13H,4-10,15H2,1-3H3. The normalized spacial score (nSPS) is 33.2. The summed E-state index contributed by atoms with van der Waals surface area (Å²) in [7, 11) is 0. The third-order valence-electron chi connectivity index (χ3n) is 4.69. The molecule has 0 amide bonds. The van der Waals surface area contributed by atoms with Crippen molar-refractivity contribution in [2.75, 3.05) is 19.7 Å². The van der Waals surface area contributed by atoms with Crippen LogP contribution in [-0.2, 0) is 4.74 Å². The Morgan fingerprint density at radius 1 is 1.35 bits per heavy atom. The Labute approximate surface area is 106 Å². The Balaban J connectivity index is 1.99. The lowest BCUT2D eigenvalue weighted by Gasteiger charge is -2.47. The van der Waals surface area contributed by atoms with E-state index in [0.29, 0.717) is 12.1 Å². The molecule has 0 aromatic heterocycles. The van der Waals surface area contributed by atoms with Crippen molar-refractivity contribution in [2.24, 2.45) is 11.1 Å². The Hall–Kier alpha value is -0.120. The third kappa shape index (κ3) is 3.01. The van der Waals surface area contributed by atoms with Gasteiger partial charge in [-0.2, -0.15) is 0 Å². The molecule has 2 rings (SSSR count). The van der Waals surface area contributed by atoms with Gasteiger partial charge in [0.05, 0.1) is 12.7 Å². The van der Waals surface area contributed by atoms with Gasteiger partial charge in [0.25, 0.3) is 0 Å². The molecule has 3 unspecified atom stereocenters. The van der Waals surface area contributed by atoms with E-state index in [4.69, 9.17) is 10.5 Å². The smallest absolute Gasteiger partial charge is 0.0730 e. The van der Waals surface area contributed by atoms with E-state index in [-0.39, 0.29) is 11.5 Å². The molecule has 2 aliphatic rings. The van der Waals surface area contributed by atoms with Crippen molar-refractivity contribution in [3.8, 4) is 0 Å². The van der Waals surface area contributed by atoms with Crippen LogP contribution in [0.25, 0.3) is 0 Å². The van der Waals surface area contributed by atoms with Crippen molar-refractivity contribution in [2.45, 2.75) is 64.6 Å². The maximum absolute atomic E-state index is 6.10. The summed E-state index contributed by atoms with van der Waals surface area (Å²) in [5.41, 5.74) is 6.29. The lowest BCUT2D eigenvalue weighted by atomic mass is 9.83. The zero-order chi connectivity index (χ0) is 12.5. The number of hydrogen-bond acceptors (Lipinski definition) is 3. The maximum Gasteiger partial charge on any atom is 0.0730 e. The number of rotatable bonds is 3. The summed E-state index contributed by atoms with van der Waals surface area (Å²) in [5, 5.41) is 0. The third-order valence-corrected chi connectivity index (χ3v) is 4.69. The molecule has 0 aromatic carbocycles. The second-order valence-electron chi connectivity index (χ2n) is 6.51. The molecule has 3 nitrogen and oxygen atoms in total. The van der Waals surface area contributed by atoms with Crippen molar-refractivity contribution in [3.63, 3.8) is 0 Å². The molecule has 1 aliphatic carbocycles. The average Bonchev–Trinajstić information content (AvgIpc) is 2.29. The molecule has 1 saturated heterocycles. The number of hydrogen-bond donors (Lipinski definition) is 1. The zero-order valence-electron chi connectivity index (χ0n) is 11.6. The molecule has 0 bridgehead atoms. The van der Waals surface area contributed by atoms with Crippen molar-refractivity contribution in [1.82, 2.24) is 4.90 Å². The zero-order valence-corrected chi connectivity index (χ0v) is 11.6. The van der Waals surface area contributed by atoms with Crippen molar-refractivity contribution < 1.29 is 4.74 Å². The number of fused-ring (bicyclic) bond motifs is 1. The second kappa shape index (κ2) is 5.25. The van der Waals surface area contributed by atoms with Gasteiger partial charge >= 0.3 is 0 Å². The van der Waals surface area contributed by atoms with E-state index < -0.39 is 0 Å². The van der Waals surface area contributed by atoms with Gasteiger partial charge in [0.2, 0.25) is 0 Å². The monoisotopic (exact) mass is 240 g/mol. The van der Waals surface area contributed by atoms with Crippen LogP contribution in [0.5, 0.6) is 0 Å². The van der Waals surface area contributed by atoms with Crippen LogP contribution in [0.3, 0.4) is 0 Å². The molecule has 1 heterocycles. The molecule has 0 spiro atoms. The maximum atomic E-state index is 6.10. The molecule has 0 aromatic rings. The van der Waals surface area contributed by atoms with Gasteiger partial charge in [0.15, 0.2) is 0 Å². The molecule has 17 heavy (non-hydrogen) atoms. The number of nitrogens with two attached hydrogens (primary N) is 1. The van der Waals surface area contributed by atoms with Gasteiger partial charge in [-0.3, -0.25) is 4.90 Å². The summed E-state index contributed by atoms with van der Waals surface area (Å²) < 4.78 is 5.91. The molecule has 100 valence electrons. The van der Waals surface area contributed by atoms with Crippen LogP contribution in [-0.4, -0.2) is 42.8 Å². The molecule has 1 aliphatic heterocycles. The lowest BCUT2D eigenvalue weighted by molar-refractivity contribution is -0.0978. The highest BCUT2D eigenvalue weighted by atomic mass is 16.5. The lowest BCUT2D eigenvalue weighted by Crippen LogP contribution is -2.56. The van der Waals surface area contributed by atoms with Crippen LogP contribution in [0.1, 0.15) is 46.5 Å². The second-order valence-corrected chi connectivity index (χ2v) is 6.51. The number of nitrogens with zero attached hydrogens (tertiary/aromatic N) is 1. The van der Waals surface area contributed by atoms with Crippen LogP contribution >= 0.6 is 0 Å². The summed E-state index contributed by atoms with van der Waals surface area (Å²) in [6.45, 7) is 9.78. The van der Waals surface area contributed by atoms with Crippen molar-refractivity contribution in [3.05, 3.63) is 0 Å². The molecule has 0 radical (unpaired) electrons. The fourth-order valence-corrected chi connectivity index (χ4v) is 3.04. The Morgan fingerprint density at radius 2 is 2.06 bits per heavy atom. The highest BCUT2D eigenvalue weighted by Gasteiger charge is 2.37. The summed E-state index contributed by atoms with van der Waals surface area (Å²) in [6, 6.07) is 0.892. The van der Waals surface area contributed by atoms with Gasteiger partial charge in [0, 0.05) is 25.2 Å². The fraction of sp³-hybridized carbons (Fsp3) is 1.00. The van der Waals surface area contributed by atoms with E-state index in [1.807, 2.05) is 0 Å². The number of ether oxygens (including phenoxy) is 1. The predicted octanol–water partition coefficient (Wildman–Crippen LogP) is 2.00. The van der Waals surface area contributed by atoms with E-state index in [9.17, 15) is 0 Å². The summed E-state index contributed by atoms with van der Waals surface area (Å²) >= 11 is 0. The molecule has 2 fully saturated rings. The van der Waals surface area contributed by atoms with Crippen molar-refractivity contribution in [1.29, 1.82) is 0 Å². The molecule has 1 saturated carbocycles. The molecular weight excluding hydrogens is 212 g/mol. The first-order valence-electron chi connectivity index (χ1n) is 7.12. The first kappa shape index (κ1) is 13.3. The molecular formula is C14H28N2O. The van der Waals surface area contributed by atoms with Crippen LogP contribution < -0.4 is 5.73 Å². The molecule has 3 heteroatoms. The van der Waals surface area contributed by atoms with Gasteiger partial charge in [-0.1, -0.05) is 26.7 Å². The van der Waals surface area contributed by atoms with Crippen LogP contribution in [0.2, 0.25) is 0 Å². The highest BCUT2D eigenvalue weighted by molar-refractivity contribution is 4.91. The Bertz CT molecular complexity index is 251. The topological polar surface area (TPSA) is 38.5 Å². The van der Waals surface area contributed by atoms with E-state index >= 15 is 0 Å². The van der Waals surface area contributed by atoms with Gasteiger partial charge in [-0.25, -0.2) is 0 Å². The quantitative estimate of drug-likeness (QED) is 0.820. The number of morpholine rings is 1. The van der Waals surface area contributed by atoms with Gasteiger partial charge in [-0.15, -0.1) is 0 Å². The van der Waals surface area contributed by atoms with E-state index in [1.54, 1.807) is 0 Å². The van der Waals surface area contributed by atoms with E-state index in [1.165, 1.54) is 25.7 Å². The minimum atomic E-state index is 0.194. The first-order chi connectivity index (χ1) is 8.00. The predicted molar refractivity (Wildman–Crippen MR) is 71.0 cm³/mol. The van der Waals surface area contributed by atoms with E-state index in [0.717, 1.165) is 19.7 Å². The van der Waals surface area contributed by atoms with Gasteiger partial charge in [0.1, 0.15) is 0 Å². The summed E-state index contributed by atoms with van der Waals surface area (Å²) in [4.78, 5) is 2.64. The largest absolute Gasteiger partial charge is 0.375 e. The van der Waals surface area contributed by atoms with Gasteiger partial charge in [-0.05, 0) is 25.2 Å². The average molecular weight is 240 g/mol. The molecule has 3 atom stereocenters. The minimum Gasteiger partial charge on any atom is -0.375 e. The van der Waals surface area contributed by atoms with Gasteiger partial charge < -0.3 is 10.5 Å². The van der Waals surface area contributed by atoms with Crippen molar-refractivity contribution >= 4 is 0 Å². The first-order valence-corrected chi connectivity index (χ1v) is 7.12. The summed E-state index contributed by atoms with van der Waals surface area (Å²) in [5.74, 6) is 0. The van der Waals surface area contributed by atoms with Crippen LogP contribution in [0.4, 0.5) is 0 Å². The summed E-state index contributed by atoms with van der Waals surface area (Å²) in [6.07, 6.45) is 5.74. The Kier molecular flexibility index (Phi) is 4.11. The Morgan fingerprint density at radius 3 is 2.76 bits per heavy atom. The fourth-order valence-electron chi connectivity index (χ4n) is 3.04. The van der Waals surface area contributed by atoms with E-state index in [2.05, 4.69) is 25.7 Å². The SMILES string of the molecule is CC(N)C(C)(C)CN1CCOC2CCCCC21. The van der Waals surface area contributed by atoms with Crippen LogP contribution in [0, 0.1) is 5.41 Å². The molecule has 2 N–H and O–H groups in total. The van der Waals surface area contributed by atoms with Crippen LogP contribution in [0.15, 0.2) is 0 Å².